The van der Waals surface area contributed by atoms with Gasteiger partial charge in [0.05, 0.1) is 0 Å². The molecule has 0 aliphatic carbocycles. The zero-order chi connectivity index (χ0) is 21.8. The third kappa shape index (κ3) is 4.00. The summed E-state index contributed by atoms with van der Waals surface area (Å²) in [6.07, 6.45) is 0.284. The number of hydrogen-bond acceptors (Lipinski definition) is 1. The van der Waals surface area contributed by atoms with E-state index in [2.05, 4.69) is 41.7 Å². The SMILES string of the molecule is O=C(NCP(Cl)(c1ccccc1)(c1ccccc1)c1ccccc1)c1ccc(Cl)cc1. The van der Waals surface area contributed by atoms with E-state index in [-0.39, 0.29) is 12.2 Å². The number of rotatable bonds is 6. The van der Waals surface area contributed by atoms with Crippen LogP contribution >= 0.6 is 28.8 Å². The summed E-state index contributed by atoms with van der Waals surface area (Å²) in [5.74, 6) is -3.72. The molecular weight excluding hydrogens is 444 g/mol. The molecule has 0 saturated heterocycles. The first-order valence-electron chi connectivity index (χ1n) is 9.96. The Labute approximate surface area is 192 Å². The van der Waals surface area contributed by atoms with Gasteiger partial charge in [-0.25, -0.2) is 0 Å². The molecular formula is C26H22Cl2NOP. The van der Waals surface area contributed by atoms with Crippen molar-refractivity contribution in [2.24, 2.45) is 0 Å². The van der Waals surface area contributed by atoms with Gasteiger partial charge in [-0.3, -0.25) is 0 Å². The van der Waals surface area contributed by atoms with Crippen molar-refractivity contribution in [3.8, 4) is 0 Å². The van der Waals surface area contributed by atoms with Crippen molar-refractivity contribution in [2.75, 3.05) is 6.29 Å². The maximum atomic E-state index is 13.0. The van der Waals surface area contributed by atoms with Gasteiger partial charge in [-0.2, -0.15) is 0 Å². The minimum atomic E-state index is -3.53. The molecule has 156 valence electrons. The average Bonchev–Trinajstić information content (AvgIpc) is 2.84. The summed E-state index contributed by atoms with van der Waals surface area (Å²) in [4.78, 5) is 13.0. The van der Waals surface area contributed by atoms with Crippen LogP contribution in [0.3, 0.4) is 0 Å². The third-order valence-corrected chi connectivity index (χ3v) is 12.8. The van der Waals surface area contributed by atoms with E-state index >= 15 is 0 Å². The molecule has 0 aromatic heterocycles. The summed E-state index contributed by atoms with van der Waals surface area (Å²) in [5.41, 5.74) is 0.542. The topological polar surface area (TPSA) is 29.1 Å². The van der Waals surface area contributed by atoms with E-state index in [0.717, 1.165) is 15.9 Å². The van der Waals surface area contributed by atoms with Crippen molar-refractivity contribution in [2.45, 2.75) is 0 Å². The number of benzene rings is 4. The molecule has 0 heterocycles. The molecule has 0 saturated carbocycles. The number of carbonyl (C=O) groups is 1. The fraction of sp³-hybridized carbons (Fsp3) is 0.0385. The van der Waals surface area contributed by atoms with Gasteiger partial charge >= 0.3 is 193 Å². The Morgan fingerprint density at radius 1 is 0.645 bits per heavy atom. The van der Waals surface area contributed by atoms with Crippen LogP contribution in [0.15, 0.2) is 115 Å². The monoisotopic (exact) mass is 465 g/mol. The molecule has 0 atom stereocenters. The molecule has 4 aromatic rings. The Morgan fingerprint density at radius 2 is 1.03 bits per heavy atom. The van der Waals surface area contributed by atoms with Gasteiger partial charge in [-0.05, 0) is 0 Å². The molecule has 0 radical (unpaired) electrons. The summed E-state index contributed by atoms with van der Waals surface area (Å²) in [5, 5.41) is 6.74. The molecule has 1 amide bonds. The first kappa shape index (κ1) is 21.6. The number of nitrogens with one attached hydrogen (secondary N) is 1. The van der Waals surface area contributed by atoms with E-state index in [1.807, 2.05) is 54.6 Å². The molecule has 2 nitrogen and oxygen atoms in total. The minimum absolute atomic E-state index is 0.186. The van der Waals surface area contributed by atoms with Crippen molar-refractivity contribution in [1.29, 1.82) is 0 Å². The molecule has 1 N–H and O–H groups in total. The van der Waals surface area contributed by atoms with Gasteiger partial charge in [-0.15, -0.1) is 0 Å². The van der Waals surface area contributed by atoms with Gasteiger partial charge in [0.1, 0.15) is 0 Å². The predicted molar refractivity (Wildman–Crippen MR) is 135 cm³/mol. The summed E-state index contributed by atoms with van der Waals surface area (Å²) >= 11 is 13.9. The molecule has 0 spiro atoms. The van der Waals surface area contributed by atoms with Crippen molar-refractivity contribution >= 4 is 50.6 Å². The van der Waals surface area contributed by atoms with E-state index in [4.69, 9.17) is 22.8 Å². The fourth-order valence-corrected chi connectivity index (χ4v) is 9.44. The molecule has 4 rings (SSSR count). The van der Waals surface area contributed by atoms with E-state index < -0.39 is 5.96 Å². The zero-order valence-corrected chi connectivity index (χ0v) is 19.2. The Kier molecular flexibility index (Phi) is 6.16. The van der Waals surface area contributed by atoms with Crippen molar-refractivity contribution < 1.29 is 4.79 Å². The normalized spacial score (nSPS) is 12.5. The van der Waals surface area contributed by atoms with E-state index in [1.54, 1.807) is 24.3 Å². The standard InChI is InChI=1S/C26H22Cl2NOP/c27-22-18-16-21(17-19-22)26(30)29-20-31(28,23-10-4-1-5-11-23,24-12-6-2-7-13-24)25-14-8-3-9-15-25/h1-19H,20H2,(H,29,30). The second-order valence-corrected chi connectivity index (χ2v) is 14.3. The summed E-state index contributed by atoms with van der Waals surface area (Å²) in [7, 11) is 0. The Bertz CT molecular complexity index is 1070. The summed E-state index contributed by atoms with van der Waals surface area (Å²) in [6, 6.07) is 37.1. The first-order valence-corrected chi connectivity index (χ1v) is 13.7. The summed E-state index contributed by atoms with van der Waals surface area (Å²) in [6.45, 7) is 0. The van der Waals surface area contributed by atoms with Gasteiger partial charge in [0.25, 0.3) is 0 Å². The molecule has 4 aromatic carbocycles. The first-order chi connectivity index (χ1) is 15.0. The number of amides is 1. The molecule has 0 unspecified atom stereocenters. The van der Waals surface area contributed by atoms with Crippen LogP contribution in [0.25, 0.3) is 0 Å². The van der Waals surface area contributed by atoms with Crippen molar-refractivity contribution in [1.82, 2.24) is 5.32 Å². The molecule has 0 aliphatic heterocycles. The van der Waals surface area contributed by atoms with E-state index in [1.165, 1.54) is 0 Å². The van der Waals surface area contributed by atoms with Crippen LogP contribution in [0.2, 0.25) is 5.02 Å². The second kappa shape index (κ2) is 8.85. The fourth-order valence-electron chi connectivity index (χ4n) is 3.86. The van der Waals surface area contributed by atoms with Crippen LogP contribution in [0.5, 0.6) is 0 Å². The van der Waals surface area contributed by atoms with Gasteiger partial charge in [0.15, 0.2) is 0 Å². The van der Waals surface area contributed by atoms with Crippen molar-refractivity contribution in [3.05, 3.63) is 126 Å². The number of carbonyl (C=O) groups excluding carboxylic acids is 1. The van der Waals surface area contributed by atoms with Gasteiger partial charge < -0.3 is 0 Å². The van der Waals surface area contributed by atoms with Crippen LogP contribution in [-0.2, 0) is 0 Å². The van der Waals surface area contributed by atoms with E-state index in [0.29, 0.717) is 10.6 Å². The quantitative estimate of drug-likeness (QED) is 0.363. The van der Waals surface area contributed by atoms with Crippen LogP contribution in [-0.4, -0.2) is 12.2 Å². The average molecular weight is 466 g/mol. The maximum absolute atomic E-state index is 13.0. The van der Waals surface area contributed by atoms with Gasteiger partial charge in [0.2, 0.25) is 0 Å². The van der Waals surface area contributed by atoms with Crippen LogP contribution in [0.1, 0.15) is 10.4 Å². The van der Waals surface area contributed by atoms with E-state index in [9.17, 15) is 4.79 Å². The van der Waals surface area contributed by atoms with Crippen LogP contribution in [0, 0.1) is 0 Å². The second-order valence-electron chi connectivity index (χ2n) is 7.36. The number of hydrogen-bond donors (Lipinski definition) is 1. The molecule has 31 heavy (non-hydrogen) atoms. The predicted octanol–water partition coefficient (Wildman–Crippen LogP) is 5.71. The zero-order valence-electron chi connectivity index (χ0n) is 16.8. The van der Waals surface area contributed by atoms with Crippen LogP contribution in [0.4, 0.5) is 0 Å². The Morgan fingerprint density at radius 3 is 1.42 bits per heavy atom. The van der Waals surface area contributed by atoms with Crippen LogP contribution < -0.4 is 21.2 Å². The summed E-state index contributed by atoms with van der Waals surface area (Å²) < 4.78 is 0. The van der Waals surface area contributed by atoms with Gasteiger partial charge in [-0.1, -0.05) is 0 Å². The molecule has 5 heteroatoms. The van der Waals surface area contributed by atoms with Gasteiger partial charge in [0, 0.05) is 0 Å². The third-order valence-electron chi connectivity index (χ3n) is 5.53. The Balaban J connectivity index is 1.88. The van der Waals surface area contributed by atoms with Crippen molar-refractivity contribution in [3.63, 3.8) is 0 Å². The number of halogens is 2. The molecule has 0 aliphatic rings. The Hall–Kier alpha value is -2.64. The molecule has 0 bridgehead atoms. The molecule has 0 fully saturated rings.